The highest BCUT2D eigenvalue weighted by Crippen LogP contribution is 2.29. The number of rotatable bonds is 5. The highest BCUT2D eigenvalue weighted by Gasteiger charge is 2.16. The summed E-state index contributed by atoms with van der Waals surface area (Å²) < 4.78 is 15.0. The van der Waals surface area contributed by atoms with Crippen LogP contribution >= 0.6 is 0 Å². The van der Waals surface area contributed by atoms with E-state index in [1.165, 1.54) is 16.8 Å². The van der Waals surface area contributed by atoms with Crippen molar-refractivity contribution in [2.45, 2.75) is 19.8 Å². The second-order valence-corrected chi connectivity index (χ2v) is 6.41. The number of aromatic nitrogens is 2. The predicted octanol–water partition coefficient (Wildman–Crippen LogP) is 4.82. The van der Waals surface area contributed by atoms with Gasteiger partial charge in [-0.1, -0.05) is 43.7 Å². The largest absolute Gasteiger partial charge is 0.384 e. The van der Waals surface area contributed by atoms with Gasteiger partial charge in [-0.25, -0.2) is 9.07 Å². The Hall–Kier alpha value is -3.08. The van der Waals surface area contributed by atoms with Crippen LogP contribution in [0, 0.1) is 5.82 Å². The summed E-state index contributed by atoms with van der Waals surface area (Å²) in [5, 5.41) is 9.19. The first-order valence-corrected chi connectivity index (χ1v) is 8.85. The Labute approximate surface area is 150 Å². The molecule has 4 rings (SSSR count). The summed E-state index contributed by atoms with van der Waals surface area (Å²) in [6.07, 6.45) is 2.10. The van der Waals surface area contributed by atoms with Crippen LogP contribution in [0.5, 0.6) is 0 Å². The maximum Gasteiger partial charge on any atom is 0.281 e. The molecule has 0 saturated heterocycles. The molecule has 0 fully saturated rings. The summed E-state index contributed by atoms with van der Waals surface area (Å²) in [4.78, 5) is 13.1. The molecule has 2 N–H and O–H groups in total. The lowest BCUT2D eigenvalue weighted by Crippen LogP contribution is -2.15. The van der Waals surface area contributed by atoms with Gasteiger partial charge in [0.05, 0.1) is 16.6 Å². The van der Waals surface area contributed by atoms with Crippen molar-refractivity contribution in [3.63, 3.8) is 0 Å². The van der Waals surface area contributed by atoms with E-state index in [4.69, 9.17) is 0 Å². The van der Waals surface area contributed by atoms with Crippen molar-refractivity contribution in [2.75, 3.05) is 11.9 Å². The minimum atomic E-state index is -0.376. The second kappa shape index (κ2) is 6.67. The molecular formula is C21H20FN3O. The van der Waals surface area contributed by atoms with Crippen LogP contribution in [0.2, 0.25) is 0 Å². The van der Waals surface area contributed by atoms with Gasteiger partial charge in [-0.2, -0.15) is 0 Å². The van der Waals surface area contributed by atoms with Crippen molar-refractivity contribution in [3.05, 3.63) is 70.8 Å². The molecule has 0 aliphatic heterocycles. The number of aromatic amines is 1. The van der Waals surface area contributed by atoms with Crippen molar-refractivity contribution in [1.82, 2.24) is 9.78 Å². The zero-order valence-corrected chi connectivity index (χ0v) is 14.6. The van der Waals surface area contributed by atoms with Gasteiger partial charge in [-0.15, -0.1) is 0 Å². The Morgan fingerprint density at radius 1 is 1.12 bits per heavy atom. The molecule has 4 aromatic rings. The Kier molecular flexibility index (Phi) is 4.21. The van der Waals surface area contributed by atoms with E-state index >= 15 is 0 Å². The SMILES string of the molecule is CCCCNc1cc2ccccc2c2[nH]n(-c3cccc(F)c3)c(=O)c12. The number of nitrogens with zero attached hydrogens (tertiary/aromatic N) is 1. The highest BCUT2D eigenvalue weighted by atomic mass is 19.1. The molecule has 26 heavy (non-hydrogen) atoms. The van der Waals surface area contributed by atoms with Gasteiger partial charge in [0, 0.05) is 17.6 Å². The Morgan fingerprint density at radius 3 is 2.77 bits per heavy atom. The number of fused-ring (bicyclic) bond motifs is 3. The van der Waals surface area contributed by atoms with Crippen molar-refractivity contribution in [3.8, 4) is 5.69 Å². The molecule has 132 valence electrons. The molecule has 0 spiro atoms. The van der Waals surface area contributed by atoms with Crippen molar-refractivity contribution in [2.24, 2.45) is 0 Å². The average Bonchev–Trinajstić information content (AvgIpc) is 3.00. The predicted molar refractivity (Wildman–Crippen MR) is 105 cm³/mol. The number of hydrogen-bond donors (Lipinski definition) is 2. The molecule has 5 heteroatoms. The number of nitrogens with one attached hydrogen (secondary N) is 2. The maximum atomic E-state index is 13.6. The highest BCUT2D eigenvalue weighted by molar-refractivity contribution is 6.10. The van der Waals surface area contributed by atoms with E-state index < -0.39 is 0 Å². The lowest BCUT2D eigenvalue weighted by Gasteiger charge is -2.08. The molecule has 0 radical (unpaired) electrons. The van der Waals surface area contributed by atoms with Gasteiger partial charge in [-0.05, 0) is 36.1 Å². The van der Waals surface area contributed by atoms with Crippen LogP contribution in [-0.4, -0.2) is 16.3 Å². The molecule has 0 saturated carbocycles. The molecule has 0 unspecified atom stereocenters. The van der Waals surface area contributed by atoms with Gasteiger partial charge in [0.2, 0.25) is 0 Å². The standard InChI is InChI=1S/C21H20FN3O/c1-2-3-11-23-18-12-14-7-4-5-10-17(14)20-19(18)21(26)25(24-20)16-9-6-8-15(22)13-16/h4-10,12-13,23-24H,2-3,11H2,1H3. The monoisotopic (exact) mass is 349 g/mol. The van der Waals surface area contributed by atoms with E-state index in [2.05, 4.69) is 17.3 Å². The summed E-state index contributed by atoms with van der Waals surface area (Å²) in [5.74, 6) is -0.376. The van der Waals surface area contributed by atoms with E-state index in [-0.39, 0.29) is 11.4 Å². The Bertz CT molecular complexity index is 1140. The van der Waals surface area contributed by atoms with Crippen LogP contribution < -0.4 is 10.9 Å². The molecule has 0 atom stereocenters. The smallest absolute Gasteiger partial charge is 0.281 e. The minimum absolute atomic E-state index is 0.185. The number of benzene rings is 3. The number of H-pyrrole nitrogens is 1. The molecule has 3 aromatic carbocycles. The van der Waals surface area contributed by atoms with Gasteiger partial charge in [0.1, 0.15) is 5.82 Å². The molecule has 0 aliphatic carbocycles. The molecule has 0 bridgehead atoms. The fourth-order valence-corrected chi connectivity index (χ4v) is 3.30. The van der Waals surface area contributed by atoms with Crippen LogP contribution in [0.4, 0.5) is 10.1 Å². The van der Waals surface area contributed by atoms with Crippen LogP contribution in [0.25, 0.3) is 27.4 Å². The quantitative estimate of drug-likeness (QED) is 0.507. The molecule has 0 amide bonds. The van der Waals surface area contributed by atoms with Crippen LogP contribution in [-0.2, 0) is 0 Å². The number of anilines is 1. The van der Waals surface area contributed by atoms with Crippen LogP contribution in [0.15, 0.2) is 59.4 Å². The van der Waals surface area contributed by atoms with E-state index in [0.29, 0.717) is 11.1 Å². The van der Waals surface area contributed by atoms with Gasteiger partial charge < -0.3 is 5.32 Å². The number of halogens is 1. The zero-order valence-electron chi connectivity index (χ0n) is 14.6. The third-order valence-corrected chi connectivity index (χ3v) is 4.60. The first kappa shape index (κ1) is 16.4. The summed E-state index contributed by atoms with van der Waals surface area (Å²) in [6, 6.07) is 16.0. The summed E-state index contributed by atoms with van der Waals surface area (Å²) in [7, 11) is 0. The third kappa shape index (κ3) is 2.75. The third-order valence-electron chi connectivity index (χ3n) is 4.60. The Morgan fingerprint density at radius 2 is 1.96 bits per heavy atom. The lowest BCUT2D eigenvalue weighted by molar-refractivity contribution is 0.625. The zero-order chi connectivity index (χ0) is 18.1. The molecule has 1 heterocycles. The molecular weight excluding hydrogens is 329 g/mol. The Balaban J connectivity index is 1.99. The summed E-state index contributed by atoms with van der Waals surface area (Å²) in [6.45, 7) is 2.93. The molecule has 1 aromatic heterocycles. The fourth-order valence-electron chi connectivity index (χ4n) is 3.30. The maximum absolute atomic E-state index is 13.6. The summed E-state index contributed by atoms with van der Waals surface area (Å²) in [5.41, 5.74) is 1.87. The minimum Gasteiger partial charge on any atom is -0.384 e. The van der Waals surface area contributed by atoms with Gasteiger partial charge in [0.15, 0.2) is 0 Å². The lowest BCUT2D eigenvalue weighted by atomic mass is 10.1. The summed E-state index contributed by atoms with van der Waals surface area (Å²) >= 11 is 0. The molecule has 0 aliphatic rings. The topological polar surface area (TPSA) is 49.8 Å². The van der Waals surface area contributed by atoms with Gasteiger partial charge in [0.25, 0.3) is 5.56 Å². The normalized spacial score (nSPS) is 11.3. The van der Waals surface area contributed by atoms with E-state index in [1.807, 2.05) is 30.3 Å². The van der Waals surface area contributed by atoms with Crippen molar-refractivity contribution < 1.29 is 4.39 Å². The first-order valence-electron chi connectivity index (χ1n) is 8.85. The number of hydrogen-bond acceptors (Lipinski definition) is 2. The van der Waals surface area contributed by atoms with Crippen molar-refractivity contribution in [1.29, 1.82) is 0 Å². The second-order valence-electron chi connectivity index (χ2n) is 6.41. The van der Waals surface area contributed by atoms with Crippen LogP contribution in [0.3, 0.4) is 0 Å². The van der Waals surface area contributed by atoms with Crippen LogP contribution in [0.1, 0.15) is 19.8 Å². The van der Waals surface area contributed by atoms with E-state index in [0.717, 1.165) is 41.4 Å². The number of unbranched alkanes of at least 4 members (excludes halogenated alkanes) is 1. The van der Waals surface area contributed by atoms with E-state index in [1.54, 1.807) is 12.1 Å². The van der Waals surface area contributed by atoms with Crippen molar-refractivity contribution >= 4 is 27.4 Å². The average molecular weight is 349 g/mol. The molecule has 4 nitrogen and oxygen atoms in total. The first-order chi connectivity index (χ1) is 12.7. The fraction of sp³-hybridized carbons (Fsp3) is 0.190. The van der Waals surface area contributed by atoms with E-state index in [9.17, 15) is 9.18 Å². The van der Waals surface area contributed by atoms with Gasteiger partial charge >= 0.3 is 0 Å². The van der Waals surface area contributed by atoms with Gasteiger partial charge in [-0.3, -0.25) is 9.89 Å².